The SMILES string of the molecule is COc1ccccc1[C@H](C)NS(=O)(=O)c1nnc(NC(=O)C(C)(C)C)s1. The van der Waals surface area contributed by atoms with Gasteiger partial charge in [-0.15, -0.1) is 10.2 Å². The number of hydrogen-bond acceptors (Lipinski definition) is 7. The zero-order valence-electron chi connectivity index (χ0n) is 15.2. The molecule has 1 amide bonds. The highest BCUT2D eigenvalue weighted by Crippen LogP contribution is 2.27. The summed E-state index contributed by atoms with van der Waals surface area (Å²) in [6.45, 7) is 6.95. The minimum absolute atomic E-state index is 0.134. The lowest BCUT2D eigenvalue weighted by molar-refractivity contribution is -0.123. The molecule has 8 nitrogen and oxygen atoms in total. The standard InChI is InChI=1S/C16H22N4O4S2/c1-10(11-8-6-7-9-12(11)24-5)20-26(22,23)15-19-18-14(25-15)17-13(21)16(2,3)4/h6-10,20H,1-5H3,(H,17,18,21)/t10-/m0/s1. The first-order chi connectivity index (χ1) is 12.0. The van der Waals surface area contributed by atoms with Crippen LogP contribution < -0.4 is 14.8 Å². The van der Waals surface area contributed by atoms with Crippen LogP contribution in [0.15, 0.2) is 28.6 Å². The van der Waals surface area contributed by atoms with Crippen molar-refractivity contribution in [2.75, 3.05) is 12.4 Å². The molecule has 142 valence electrons. The molecule has 0 aliphatic heterocycles. The van der Waals surface area contributed by atoms with Crippen LogP contribution >= 0.6 is 11.3 Å². The number of carbonyl (C=O) groups is 1. The van der Waals surface area contributed by atoms with Gasteiger partial charge in [-0.05, 0) is 13.0 Å². The van der Waals surface area contributed by atoms with E-state index in [1.165, 1.54) is 7.11 Å². The van der Waals surface area contributed by atoms with Crippen molar-refractivity contribution in [3.8, 4) is 5.75 Å². The monoisotopic (exact) mass is 398 g/mol. The van der Waals surface area contributed by atoms with Gasteiger partial charge in [-0.25, -0.2) is 13.1 Å². The summed E-state index contributed by atoms with van der Waals surface area (Å²) in [5.41, 5.74) is 0.0748. The Kier molecular flexibility index (Phi) is 5.99. The second-order valence-electron chi connectivity index (χ2n) is 6.66. The fraction of sp³-hybridized carbons (Fsp3) is 0.438. The molecule has 0 aliphatic carbocycles. The number of sulfonamides is 1. The van der Waals surface area contributed by atoms with Crippen molar-refractivity contribution in [3.05, 3.63) is 29.8 Å². The Morgan fingerprint density at radius 3 is 2.50 bits per heavy atom. The highest BCUT2D eigenvalue weighted by molar-refractivity contribution is 7.91. The summed E-state index contributed by atoms with van der Waals surface area (Å²) in [6.07, 6.45) is 0. The number of benzene rings is 1. The van der Waals surface area contributed by atoms with Gasteiger partial charge >= 0.3 is 0 Å². The highest BCUT2D eigenvalue weighted by atomic mass is 32.2. The minimum Gasteiger partial charge on any atom is -0.496 e. The van der Waals surface area contributed by atoms with Gasteiger partial charge in [0, 0.05) is 17.0 Å². The Balaban J connectivity index is 2.17. The molecule has 26 heavy (non-hydrogen) atoms. The van der Waals surface area contributed by atoms with Crippen LogP contribution in [0.5, 0.6) is 5.75 Å². The van der Waals surface area contributed by atoms with Gasteiger partial charge in [0.05, 0.1) is 7.11 Å². The number of ether oxygens (including phenoxy) is 1. The second-order valence-corrected chi connectivity index (χ2v) is 9.53. The molecule has 0 radical (unpaired) electrons. The Labute approximate surface area is 157 Å². The molecule has 0 unspecified atom stereocenters. The zero-order valence-corrected chi connectivity index (χ0v) is 16.9. The van der Waals surface area contributed by atoms with E-state index in [1.807, 2.05) is 0 Å². The van der Waals surface area contributed by atoms with E-state index in [9.17, 15) is 13.2 Å². The summed E-state index contributed by atoms with van der Waals surface area (Å²) in [5.74, 6) is 0.311. The lowest BCUT2D eigenvalue weighted by Crippen LogP contribution is -2.27. The third-order valence-electron chi connectivity index (χ3n) is 3.48. The normalized spacial score (nSPS) is 13.3. The number of methoxy groups -OCH3 is 1. The average Bonchev–Trinajstić information content (AvgIpc) is 3.03. The van der Waals surface area contributed by atoms with E-state index in [1.54, 1.807) is 52.0 Å². The van der Waals surface area contributed by atoms with Gasteiger partial charge in [0.15, 0.2) is 0 Å². The van der Waals surface area contributed by atoms with Crippen LogP contribution in [-0.2, 0) is 14.8 Å². The Hall–Kier alpha value is -2.04. The Bertz CT molecular complexity index is 888. The molecular formula is C16H22N4O4S2. The average molecular weight is 399 g/mol. The molecule has 2 aromatic rings. The van der Waals surface area contributed by atoms with Crippen molar-refractivity contribution in [3.63, 3.8) is 0 Å². The molecule has 1 atom stereocenters. The quantitative estimate of drug-likeness (QED) is 0.724. The van der Waals surface area contributed by atoms with Crippen LogP contribution in [0, 0.1) is 5.41 Å². The molecule has 10 heteroatoms. The number of anilines is 1. The molecule has 0 spiro atoms. The first-order valence-electron chi connectivity index (χ1n) is 7.85. The Morgan fingerprint density at radius 2 is 1.88 bits per heavy atom. The van der Waals surface area contributed by atoms with Crippen LogP contribution in [0.4, 0.5) is 5.13 Å². The van der Waals surface area contributed by atoms with Crippen molar-refractivity contribution in [1.29, 1.82) is 0 Å². The Morgan fingerprint density at radius 1 is 1.23 bits per heavy atom. The van der Waals surface area contributed by atoms with Crippen LogP contribution in [0.1, 0.15) is 39.3 Å². The number of rotatable bonds is 6. The first-order valence-corrected chi connectivity index (χ1v) is 10.1. The summed E-state index contributed by atoms with van der Waals surface area (Å²) >= 11 is 0.796. The third-order valence-corrected chi connectivity index (χ3v) is 6.22. The van der Waals surface area contributed by atoms with Crippen LogP contribution in [0.2, 0.25) is 0 Å². The fourth-order valence-corrected chi connectivity index (χ4v) is 4.16. The first kappa shape index (κ1) is 20.3. The number of amides is 1. The maximum absolute atomic E-state index is 12.6. The van der Waals surface area contributed by atoms with Crippen LogP contribution in [0.3, 0.4) is 0 Å². The number of para-hydroxylation sites is 1. The van der Waals surface area contributed by atoms with Crippen molar-refractivity contribution in [1.82, 2.24) is 14.9 Å². The molecule has 0 fully saturated rings. The number of carbonyl (C=O) groups excluding carboxylic acids is 1. The van der Waals surface area contributed by atoms with Gasteiger partial charge in [0.1, 0.15) is 5.75 Å². The second kappa shape index (κ2) is 7.68. The van der Waals surface area contributed by atoms with E-state index in [0.29, 0.717) is 11.3 Å². The predicted octanol–water partition coefficient (Wildman–Crippen LogP) is 2.57. The summed E-state index contributed by atoms with van der Waals surface area (Å²) in [4.78, 5) is 12.0. The molecule has 2 rings (SSSR count). The van der Waals surface area contributed by atoms with E-state index >= 15 is 0 Å². The van der Waals surface area contributed by atoms with Crippen molar-refractivity contribution in [2.24, 2.45) is 5.41 Å². The summed E-state index contributed by atoms with van der Waals surface area (Å²) < 4.78 is 32.7. The van der Waals surface area contributed by atoms with Crippen LogP contribution in [-0.4, -0.2) is 31.6 Å². The molecule has 1 aromatic heterocycles. The molecule has 0 aliphatic rings. The summed E-state index contributed by atoms with van der Waals surface area (Å²) in [6, 6.07) is 6.60. The van der Waals surface area contributed by atoms with E-state index in [0.717, 1.165) is 11.3 Å². The number of nitrogens with zero attached hydrogens (tertiary/aromatic N) is 2. The van der Waals surface area contributed by atoms with Crippen LogP contribution in [0.25, 0.3) is 0 Å². The topological polar surface area (TPSA) is 110 Å². The molecule has 2 N–H and O–H groups in total. The number of nitrogens with one attached hydrogen (secondary N) is 2. The lowest BCUT2D eigenvalue weighted by atomic mass is 9.96. The van der Waals surface area contributed by atoms with E-state index in [2.05, 4.69) is 20.2 Å². The van der Waals surface area contributed by atoms with Crippen molar-refractivity contribution < 1.29 is 17.9 Å². The van der Waals surface area contributed by atoms with E-state index in [4.69, 9.17) is 4.74 Å². The minimum atomic E-state index is -3.90. The van der Waals surface area contributed by atoms with Gasteiger partial charge in [0.2, 0.25) is 15.4 Å². The molecule has 1 aromatic carbocycles. The molecule has 0 saturated carbocycles. The highest BCUT2D eigenvalue weighted by Gasteiger charge is 2.27. The molecule has 0 bridgehead atoms. The smallest absolute Gasteiger partial charge is 0.270 e. The fourth-order valence-electron chi connectivity index (χ4n) is 2.02. The van der Waals surface area contributed by atoms with E-state index < -0.39 is 21.5 Å². The largest absolute Gasteiger partial charge is 0.496 e. The summed E-state index contributed by atoms with van der Waals surface area (Å²) in [5, 5.41) is 10.1. The number of hydrogen-bond donors (Lipinski definition) is 2. The van der Waals surface area contributed by atoms with Crippen molar-refractivity contribution >= 4 is 32.4 Å². The molecule has 1 heterocycles. The lowest BCUT2D eigenvalue weighted by Gasteiger charge is -2.16. The van der Waals surface area contributed by atoms with Gasteiger partial charge in [-0.3, -0.25) is 4.79 Å². The molecule has 0 saturated heterocycles. The summed E-state index contributed by atoms with van der Waals surface area (Å²) in [7, 11) is -2.37. The molecular weight excluding hydrogens is 376 g/mol. The van der Waals surface area contributed by atoms with Gasteiger partial charge in [0.25, 0.3) is 10.0 Å². The van der Waals surface area contributed by atoms with Gasteiger partial charge < -0.3 is 10.1 Å². The maximum atomic E-state index is 12.6. The number of aromatic nitrogens is 2. The van der Waals surface area contributed by atoms with E-state index in [-0.39, 0.29) is 15.4 Å². The predicted molar refractivity (Wildman–Crippen MR) is 99.7 cm³/mol. The maximum Gasteiger partial charge on any atom is 0.270 e. The van der Waals surface area contributed by atoms with Gasteiger partial charge in [-0.2, -0.15) is 0 Å². The van der Waals surface area contributed by atoms with Crippen molar-refractivity contribution in [2.45, 2.75) is 38.1 Å². The third kappa shape index (κ3) is 4.77. The van der Waals surface area contributed by atoms with Gasteiger partial charge in [-0.1, -0.05) is 50.3 Å². The zero-order chi connectivity index (χ0) is 19.5.